The third-order valence-electron chi connectivity index (χ3n) is 3.83. The number of hydrogen-bond donors (Lipinski definition) is 1. The van der Waals surface area contributed by atoms with Gasteiger partial charge in [0.15, 0.2) is 5.96 Å². The minimum absolute atomic E-state index is 0.632. The van der Waals surface area contributed by atoms with Crippen LogP contribution in [0.15, 0.2) is 29.3 Å². The van der Waals surface area contributed by atoms with Crippen LogP contribution in [0, 0.1) is 0 Å². The van der Waals surface area contributed by atoms with Gasteiger partial charge < -0.3 is 10.6 Å². The Labute approximate surface area is 129 Å². The summed E-state index contributed by atoms with van der Waals surface area (Å²) in [7, 11) is 0. The van der Waals surface area contributed by atoms with Gasteiger partial charge in [-0.15, -0.1) is 0 Å². The number of nitrogens with two attached hydrogens (primary N) is 1. The lowest BCUT2D eigenvalue weighted by molar-refractivity contribution is 0.296. The SMILES string of the molecule is CCN(CC)Cc1ccc(CN=C(N)N(CC)CC)cc1. The van der Waals surface area contributed by atoms with E-state index in [9.17, 15) is 0 Å². The van der Waals surface area contributed by atoms with E-state index in [1.807, 2.05) is 0 Å². The molecule has 1 rings (SSSR count). The van der Waals surface area contributed by atoms with E-state index in [-0.39, 0.29) is 0 Å². The molecule has 1 aromatic carbocycles. The Morgan fingerprint density at radius 2 is 1.43 bits per heavy atom. The molecule has 0 radical (unpaired) electrons. The average molecular weight is 290 g/mol. The highest BCUT2D eigenvalue weighted by Gasteiger charge is 2.03. The van der Waals surface area contributed by atoms with E-state index in [1.54, 1.807) is 0 Å². The average Bonchev–Trinajstić information content (AvgIpc) is 2.53. The monoisotopic (exact) mass is 290 g/mol. The molecule has 0 amide bonds. The molecular formula is C17H30N4. The van der Waals surface area contributed by atoms with Crippen LogP contribution < -0.4 is 5.73 Å². The molecule has 2 N–H and O–H groups in total. The highest BCUT2D eigenvalue weighted by molar-refractivity contribution is 5.77. The van der Waals surface area contributed by atoms with Gasteiger partial charge in [-0.2, -0.15) is 0 Å². The highest BCUT2D eigenvalue weighted by atomic mass is 15.2. The van der Waals surface area contributed by atoms with Gasteiger partial charge in [0.05, 0.1) is 6.54 Å². The van der Waals surface area contributed by atoms with Gasteiger partial charge in [-0.1, -0.05) is 38.1 Å². The fourth-order valence-electron chi connectivity index (χ4n) is 2.28. The molecule has 0 fully saturated rings. The Hall–Kier alpha value is -1.55. The summed E-state index contributed by atoms with van der Waals surface area (Å²) in [5.41, 5.74) is 8.54. The summed E-state index contributed by atoms with van der Waals surface area (Å²) in [6, 6.07) is 8.68. The Bertz CT molecular complexity index is 417. The van der Waals surface area contributed by atoms with Crippen LogP contribution in [-0.4, -0.2) is 41.9 Å². The van der Waals surface area contributed by atoms with Gasteiger partial charge in [-0.05, 0) is 38.1 Å². The summed E-state index contributed by atoms with van der Waals surface area (Å²) in [4.78, 5) is 8.94. The topological polar surface area (TPSA) is 44.9 Å². The molecule has 0 aliphatic heterocycles. The maximum atomic E-state index is 5.99. The lowest BCUT2D eigenvalue weighted by Gasteiger charge is -2.19. The van der Waals surface area contributed by atoms with E-state index >= 15 is 0 Å². The minimum atomic E-state index is 0.632. The van der Waals surface area contributed by atoms with Crippen molar-refractivity contribution in [3.63, 3.8) is 0 Å². The van der Waals surface area contributed by atoms with Gasteiger partial charge in [-0.3, -0.25) is 4.90 Å². The Morgan fingerprint density at radius 1 is 0.905 bits per heavy atom. The van der Waals surface area contributed by atoms with Gasteiger partial charge in [0.25, 0.3) is 0 Å². The first-order chi connectivity index (χ1) is 10.1. The fraction of sp³-hybridized carbons (Fsp3) is 0.588. The zero-order valence-corrected chi connectivity index (χ0v) is 14.0. The Morgan fingerprint density at radius 3 is 1.90 bits per heavy atom. The number of nitrogens with zero attached hydrogens (tertiary/aromatic N) is 3. The van der Waals surface area contributed by atoms with Crippen molar-refractivity contribution >= 4 is 5.96 Å². The second kappa shape index (κ2) is 9.40. The lowest BCUT2D eigenvalue weighted by atomic mass is 10.1. The van der Waals surface area contributed by atoms with Crippen molar-refractivity contribution in [1.29, 1.82) is 0 Å². The number of benzene rings is 1. The summed E-state index contributed by atoms with van der Waals surface area (Å²) in [6.45, 7) is 14.2. The van der Waals surface area contributed by atoms with E-state index < -0.39 is 0 Å². The smallest absolute Gasteiger partial charge is 0.191 e. The first-order valence-corrected chi connectivity index (χ1v) is 7.99. The molecule has 0 saturated carbocycles. The van der Waals surface area contributed by atoms with E-state index in [2.05, 4.69) is 66.8 Å². The number of guanidine groups is 1. The van der Waals surface area contributed by atoms with Gasteiger partial charge in [0, 0.05) is 19.6 Å². The zero-order valence-electron chi connectivity index (χ0n) is 14.0. The molecule has 0 aliphatic rings. The zero-order chi connectivity index (χ0) is 15.7. The van der Waals surface area contributed by atoms with Gasteiger partial charge in [0.2, 0.25) is 0 Å². The molecule has 0 atom stereocenters. The van der Waals surface area contributed by atoms with Gasteiger partial charge in [-0.25, -0.2) is 4.99 Å². The van der Waals surface area contributed by atoms with Crippen molar-refractivity contribution in [1.82, 2.24) is 9.80 Å². The lowest BCUT2D eigenvalue weighted by Crippen LogP contribution is -2.37. The number of hydrogen-bond acceptors (Lipinski definition) is 2. The molecule has 1 aromatic rings. The molecule has 0 aromatic heterocycles. The van der Waals surface area contributed by atoms with Crippen LogP contribution in [0.5, 0.6) is 0 Å². The molecule has 0 unspecified atom stereocenters. The van der Waals surface area contributed by atoms with Crippen LogP contribution in [0.4, 0.5) is 0 Å². The fourth-order valence-corrected chi connectivity index (χ4v) is 2.28. The third kappa shape index (κ3) is 5.76. The van der Waals surface area contributed by atoms with Crippen LogP contribution in [0.2, 0.25) is 0 Å². The Balaban J connectivity index is 2.60. The van der Waals surface area contributed by atoms with Crippen LogP contribution in [0.1, 0.15) is 38.8 Å². The van der Waals surface area contributed by atoms with Crippen molar-refractivity contribution < 1.29 is 0 Å². The van der Waals surface area contributed by atoms with Crippen LogP contribution in [0.25, 0.3) is 0 Å². The normalized spacial score (nSPS) is 12.0. The largest absolute Gasteiger partial charge is 0.370 e. The van der Waals surface area contributed by atoms with Crippen molar-refractivity contribution in [2.24, 2.45) is 10.7 Å². The number of rotatable bonds is 8. The molecule has 0 bridgehead atoms. The second-order valence-electron chi connectivity index (χ2n) is 5.12. The Kier molecular flexibility index (Phi) is 7.83. The molecule has 21 heavy (non-hydrogen) atoms. The van der Waals surface area contributed by atoms with E-state index in [4.69, 9.17) is 5.73 Å². The van der Waals surface area contributed by atoms with Crippen LogP contribution in [0.3, 0.4) is 0 Å². The molecule has 0 aliphatic carbocycles. The van der Waals surface area contributed by atoms with Gasteiger partial charge in [0.1, 0.15) is 0 Å². The highest BCUT2D eigenvalue weighted by Crippen LogP contribution is 2.08. The van der Waals surface area contributed by atoms with E-state index in [0.29, 0.717) is 12.5 Å². The van der Waals surface area contributed by atoms with Crippen molar-refractivity contribution in [3.8, 4) is 0 Å². The first kappa shape index (κ1) is 17.5. The van der Waals surface area contributed by atoms with E-state index in [1.165, 1.54) is 11.1 Å². The molecular weight excluding hydrogens is 260 g/mol. The van der Waals surface area contributed by atoms with Crippen molar-refractivity contribution in [2.75, 3.05) is 26.2 Å². The summed E-state index contributed by atoms with van der Waals surface area (Å²) in [5.74, 6) is 0.632. The predicted molar refractivity (Wildman–Crippen MR) is 91.3 cm³/mol. The molecule has 0 saturated heterocycles. The van der Waals surface area contributed by atoms with Crippen molar-refractivity contribution in [3.05, 3.63) is 35.4 Å². The predicted octanol–water partition coefficient (Wildman–Crippen LogP) is 2.68. The molecule has 118 valence electrons. The second-order valence-corrected chi connectivity index (χ2v) is 5.12. The first-order valence-electron chi connectivity index (χ1n) is 7.99. The molecule has 4 nitrogen and oxygen atoms in total. The summed E-state index contributed by atoms with van der Waals surface area (Å²) < 4.78 is 0. The third-order valence-corrected chi connectivity index (χ3v) is 3.83. The van der Waals surface area contributed by atoms with Crippen LogP contribution >= 0.6 is 0 Å². The maximum Gasteiger partial charge on any atom is 0.191 e. The van der Waals surface area contributed by atoms with Gasteiger partial charge >= 0.3 is 0 Å². The number of aliphatic imine (C=N–C) groups is 1. The molecule has 4 heteroatoms. The van der Waals surface area contributed by atoms with Crippen LogP contribution in [-0.2, 0) is 13.1 Å². The summed E-state index contributed by atoms with van der Waals surface area (Å²) in [6.07, 6.45) is 0. The summed E-state index contributed by atoms with van der Waals surface area (Å²) in [5, 5.41) is 0. The molecule has 0 heterocycles. The maximum absolute atomic E-state index is 5.99. The van der Waals surface area contributed by atoms with Crippen molar-refractivity contribution in [2.45, 2.75) is 40.8 Å². The minimum Gasteiger partial charge on any atom is -0.370 e. The molecule has 0 spiro atoms. The standard InChI is InChI=1S/C17H30N4/c1-5-20(6-2)14-16-11-9-15(10-12-16)13-19-17(18)21(7-3)8-4/h9-12H,5-8,13-14H2,1-4H3,(H2,18,19). The quantitative estimate of drug-likeness (QED) is 0.591. The van der Waals surface area contributed by atoms with E-state index in [0.717, 1.165) is 32.7 Å². The summed E-state index contributed by atoms with van der Waals surface area (Å²) >= 11 is 0.